The first-order valence-electron chi connectivity index (χ1n) is 3.10. The van der Waals surface area contributed by atoms with Gasteiger partial charge in [-0.1, -0.05) is 0 Å². The van der Waals surface area contributed by atoms with Gasteiger partial charge in [0.2, 0.25) is 0 Å². The minimum Gasteiger partial charge on any atom is -0.747 e. The molecule has 80 valence electrons. The van der Waals surface area contributed by atoms with E-state index in [1.54, 1.807) is 0 Å². The molecule has 0 fully saturated rings. The molecule has 0 aliphatic rings. The van der Waals surface area contributed by atoms with Gasteiger partial charge in [0.05, 0.1) is 9.16 Å². The number of hydrogen-bond donors (Lipinski definition) is 0. The van der Waals surface area contributed by atoms with Crippen LogP contribution in [0.2, 0.25) is 0 Å². The number of thioether (sulfide) groups is 1. The van der Waals surface area contributed by atoms with Gasteiger partial charge >= 0.3 is 37.7 Å². The third-order valence-corrected chi connectivity index (χ3v) is 5.67. The van der Waals surface area contributed by atoms with Gasteiger partial charge < -0.3 is 9.11 Å². The zero-order valence-electron chi connectivity index (χ0n) is 8.83. The molecule has 11 heteroatoms. The Morgan fingerprint density at radius 2 is 1.07 bits per heavy atom. The Morgan fingerprint density at radius 3 is 1.20 bits per heavy atom. The Kier molecular flexibility index (Phi) is 11.0. The van der Waals surface area contributed by atoms with Crippen LogP contribution in [0.25, 0.3) is 0 Å². The van der Waals surface area contributed by atoms with E-state index < -0.39 is 29.4 Å². The molecule has 0 rings (SSSR count). The fourth-order valence-electron chi connectivity index (χ4n) is 0.406. The summed E-state index contributed by atoms with van der Waals surface area (Å²) in [4.78, 5) is 0. The zero-order valence-corrected chi connectivity index (χ0v) is 11.3. The van der Waals surface area contributed by atoms with E-state index in [4.69, 9.17) is 0 Å². The molecule has 0 spiro atoms. The van der Waals surface area contributed by atoms with Crippen molar-refractivity contribution in [2.75, 3.05) is 0 Å². The Morgan fingerprint density at radius 1 is 0.867 bits per heavy atom. The average molecular weight is 262 g/mol. The molecule has 0 aromatic carbocycles. The van der Waals surface area contributed by atoms with Gasteiger partial charge in [0.1, 0.15) is 20.2 Å². The van der Waals surface area contributed by atoms with Crippen LogP contribution >= 0.6 is 11.8 Å². The van der Waals surface area contributed by atoms with Crippen molar-refractivity contribution in [2.24, 2.45) is 0 Å². The van der Waals surface area contributed by atoms with Gasteiger partial charge in [-0.05, 0) is 13.8 Å². The average Bonchev–Trinajstić information content (AvgIpc) is 1.82. The maximum atomic E-state index is 10.3. The van der Waals surface area contributed by atoms with Crippen molar-refractivity contribution in [3.05, 3.63) is 0 Å². The van der Waals surface area contributed by atoms with Crippen molar-refractivity contribution < 1.29 is 63.7 Å². The monoisotopic (exact) mass is 262 g/mol. The largest absolute Gasteiger partial charge is 1.00 e. The first kappa shape index (κ1) is 21.6. The Labute approximate surface area is 118 Å². The molecule has 0 radical (unpaired) electrons. The molecule has 15 heavy (non-hydrogen) atoms. The zero-order chi connectivity index (χ0) is 10.9. The molecule has 0 aromatic rings. The molecular weight excluding hydrogens is 254 g/mol. The van der Waals surface area contributed by atoms with Crippen molar-refractivity contribution in [2.45, 2.75) is 23.0 Å². The molecule has 0 bridgehead atoms. The van der Waals surface area contributed by atoms with Gasteiger partial charge in [-0.25, -0.2) is 16.8 Å². The molecule has 0 aliphatic heterocycles. The Hall–Kier alpha value is 1.36. The van der Waals surface area contributed by atoms with Crippen LogP contribution in [0.3, 0.4) is 0 Å². The van der Waals surface area contributed by atoms with Crippen LogP contribution in [-0.4, -0.2) is 35.1 Å². The van der Waals surface area contributed by atoms with Crippen molar-refractivity contribution >= 4 is 32.0 Å². The summed E-state index contributed by atoms with van der Waals surface area (Å²) in [5.41, 5.74) is 0. The van der Waals surface area contributed by atoms with E-state index in [9.17, 15) is 25.9 Å². The number of rotatable bonds is 4. The first-order valence-corrected chi connectivity index (χ1v) is 6.98. The van der Waals surface area contributed by atoms with E-state index in [0.717, 1.165) is 13.8 Å². The topological polar surface area (TPSA) is 114 Å². The summed E-state index contributed by atoms with van der Waals surface area (Å²) in [5.74, 6) is 0. The van der Waals surface area contributed by atoms with E-state index in [-0.39, 0.29) is 37.7 Å². The van der Waals surface area contributed by atoms with Crippen LogP contribution < -0.4 is 37.7 Å². The molecule has 0 saturated carbocycles. The summed E-state index contributed by atoms with van der Waals surface area (Å²) in [6.45, 7) is 2.07. The molecule has 0 heterocycles. The third kappa shape index (κ3) is 9.10. The maximum absolute atomic E-state index is 10.3. The predicted octanol–water partition coefficient (Wildman–Crippen LogP) is -6.49. The second-order valence-electron chi connectivity index (χ2n) is 2.26. The summed E-state index contributed by atoms with van der Waals surface area (Å²) >= 11 is 0.312. The normalized spacial score (nSPS) is 15.7. The van der Waals surface area contributed by atoms with E-state index in [1.165, 1.54) is 0 Å². The van der Waals surface area contributed by atoms with Gasteiger partial charge in [-0.15, -0.1) is 11.8 Å². The Balaban J connectivity index is -0.000000720. The molecule has 0 saturated heterocycles. The van der Waals surface area contributed by atoms with E-state index in [2.05, 4.69) is 0 Å². The fraction of sp³-hybridized carbons (Fsp3) is 1.00. The van der Waals surface area contributed by atoms with Crippen LogP contribution in [0.15, 0.2) is 0 Å². The molecular formula is C4H8Li2O6S3. The van der Waals surface area contributed by atoms with Crippen molar-refractivity contribution in [3.63, 3.8) is 0 Å². The molecule has 0 aliphatic carbocycles. The first-order chi connectivity index (χ1) is 5.55. The minimum atomic E-state index is -4.55. The summed E-state index contributed by atoms with van der Waals surface area (Å²) in [5, 5.41) is 0. The van der Waals surface area contributed by atoms with Crippen LogP contribution in [-0.2, 0) is 20.2 Å². The van der Waals surface area contributed by atoms with E-state index in [1.807, 2.05) is 0 Å². The molecule has 2 unspecified atom stereocenters. The van der Waals surface area contributed by atoms with Gasteiger partial charge in [-0.3, -0.25) is 0 Å². The standard InChI is InChI=1S/C4H10O6S3.2Li/c1-3(12(5,6)7)11-4(2)13(8,9)10;;/h3-4H,1-2H3,(H,5,6,7)(H,8,9,10);;/q;2*+1/p-2. The van der Waals surface area contributed by atoms with Crippen LogP contribution in [0, 0.1) is 0 Å². The molecule has 0 N–H and O–H groups in total. The smallest absolute Gasteiger partial charge is 0.747 e. The molecule has 2 atom stereocenters. The van der Waals surface area contributed by atoms with Crippen molar-refractivity contribution in [1.82, 2.24) is 0 Å². The maximum Gasteiger partial charge on any atom is 1.00 e. The van der Waals surface area contributed by atoms with Crippen LogP contribution in [0.1, 0.15) is 13.8 Å². The summed E-state index contributed by atoms with van der Waals surface area (Å²) in [6.07, 6.45) is 0. The molecule has 6 nitrogen and oxygen atoms in total. The van der Waals surface area contributed by atoms with Gasteiger partial charge in [-0.2, -0.15) is 0 Å². The Bertz CT molecular complexity index is 326. The second-order valence-corrected chi connectivity index (χ2v) is 7.93. The molecule has 0 aromatic heterocycles. The third-order valence-electron chi connectivity index (χ3n) is 1.20. The van der Waals surface area contributed by atoms with Crippen molar-refractivity contribution in [1.29, 1.82) is 0 Å². The number of hydrogen-bond acceptors (Lipinski definition) is 7. The van der Waals surface area contributed by atoms with Gasteiger partial charge in [0, 0.05) is 0 Å². The van der Waals surface area contributed by atoms with Gasteiger partial charge in [0.25, 0.3) is 0 Å². The van der Waals surface area contributed by atoms with Crippen molar-refractivity contribution in [3.8, 4) is 0 Å². The van der Waals surface area contributed by atoms with Gasteiger partial charge in [0.15, 0.2) is 0 Å². The second kappa shape index (κ2) is 7.64. The minimum absolute atomic E-state index is 0. The fourth-order valence-corrected chi connectivity index (χ4v) is 3.25. The summed E-state index contributed by atoms with van der Waals surface area (Å²) in [6, 6.07) is 0. The summed E-state index contributed by atoms with van der Waals surface area (Å²) in [7, 11) is -9.10. The van der Waals surface area contributed by atoms with E-state index >= 15 is 0 Å². The van der Waals surface area contributed by atoms with E-state index in [0.29, 0.717) is 11.8 Å². The van der Waals surface area contributed by atoms with Crippen LogP contribution in [0.5, 0.6) is 0 Å². The quantitative estimate of drug-likeness (QED) is 0.365. The SMILES string of the molecule is CC(SC(C)S(=O)(=O)[O-])S(=O)(=O)[O-].[Li+].[Li+]. The molecule has 0 amide bonds. The predicted molar refractivity (Wildman–Crippen MR) is 45.9 cm³/mol. The van der Waals surface area contributed by atoms with Crippen LogP contribution in [0.4, 0.5) is 0 Å². The summed E-state index contributed by atoms with van der Waals surface area (Å²) < 4.78 is 59.0.